The normalized spacial score (nSPS) is 11.5. The standard InChI is InChI=1S/C16H16N4O5S2/c1-3-13-18-20-14(21)8-10(17-16(20)26-13)9-25-15(22)11-6-4-5-7-12(11)19-27(2,23)24/h4-8,19H,3,9H2,1-2H3. The van der Waals surface area contributed by atoms with Gasteiger partial charge in [0.2, 0.25) is 15.0 Å². The molecule has 0 radical (unpaired) electrons. The molecule has 2 aromatic heterocycles. The molecule has 0 saturated carbocycles. The van der Waals surface area contributed by atoms with Crippen LogP contribution in [0.25, 0.3) is 4.96 Å². The summed E-state index contributed by atoms with van der Waals surface area (Å²) in [6, 6.07) is 7.33. The van der Waals surface area contributed by atoms with Crippen molar-refractivity contribution in [2.75, 3.05) is 11.0 Å². The Morgan fingerprint density at radius 3 is 2.78 bits per heavy atom. The molecule has 0 fully saturated rings. The number of hydrogen-bond donors (Lipinski definition) is 1. The third-order valence-electron chi connectivity index (χ3n) is 3.44. The second-order valence-corrected chi connectivity index (χ2v) is 8.41. The topological polar surface area (TPSA) is 120 Å². The zero-order valence-corrected chi connectivity index (χ0v) is 16.1. The van der Waals surface area contributed by atoms with Crippen LogP contribution in [-0.4, -0.2) is 35.2 Å². The lowest BCUT2D eigenvalue weighted by Gasteiger charge is -2.10. The van der Waals surface area contributed by atoms with E-state index in [4.69, 9.17) is 4.74 Å². The van der Waals surface area contributed by atoms with Crippen LogP contribution in [0.4, 0.5) is 5.69 Å². The van der Waals surface area contributed by atoms with E-state index in [1.54, 1.807) is 12.1 Å². The molecular weight excluding hydrogens is 392 g/mol. The van der Waals surface area contributed by atoms with Crippen molar-refractivity contribution in [3.8, 4) is 0 Å². The first kappa shape index (κ1) is 19.0. The van der Waals surface area contributed by atoms with Crippen LogP contribution in [0.2, 0.25) is 0 Å². The lowest BCUT2D eigenvalue weighted by molar-refractivity contribution is 0.0469. The number of aromatic nitrogens is 3. The minimum Gasteiger partial charge on any atom is -0.456 e. The predicted octanol–water partition coefficient (Wildman–Crippen LogP) is 1.44. The molecule has 0 aliphatic rings. The van der Waals surface area contributed by atoms with Crippen LogP contribution >= 0.6 is 11.3 Å². The van der Waals surface area contributed by atoms with E-state index in [1.165, 1.54) is 34.1 Å². The van der Waals surface area contributed by atoms with Crippen LogP contribution in [0.1, 0.15) is 28.0 Å². The molecule has 1 N–H and O–H groups in total. The summed E-state index contributed by atoms with van der Waals surface area (Å²) in [4.78, 5) is 29.2. The van der Waals surface area contributed by atoms with E-state index in [1.807, 2.05) is 6.92 Å². The maximum Gasteiger partial charge on any atom is 0.340 e. The molecule has 0 spiro atoms. The number of benzene rings is 1. The van der Waals surface area contributed by atoms with E-state index < -0.39 is 16.0 Å². The quantitative estimate of drug-likeness (QED) is 0.613. The number of aryl methyl sites for hydroxylation is 1. The molecule has 0 aliphatic carbocycles. The average molecular weight is 408 g/mol. The van der Waals surface area contributed by atoms with Crippen molar-refractivity contribution in [1.82, 2.24) is 14.6 Å². The molecular formula is C16H16N4O5S2. The van der Waals surface area contributed by atoms with Crippen LogP contribution in [0.15, 0.2) is 35.1 Å². The summed E-state index contributed by atoms with van der Waals surface area (Å²) in [5, 5.41) is 4.92. The Kier molecular flexibility index (Phi) is 5.24. The van der Waals surface area contributed by atoms with E-state index in [0.717, 1.165) is 11.3 Å². The highest BCUT2D eigenvalue weighted by Crippen LogP contribution is 2.18. The molecule has 0 bridgehead atoms. The monoisotopic (exact) mass is 408 g/mol. The van der Waals surface area contributed by atoms with Gasteiger partial charge < -0.3 is 4.74 Å². The maximum absolute atomic E-state index is 12.3. The van der Waals surface area contributed by atoms with Gasteiger partial charge in [0.1, 0.15) is 11.6 Å². The number of carbonyl (C=O) groups excluding carboxylic acids is 1. The van der Waals surface area contributed by atoms with Crippen molar-refractivity contribution in [2.24, 2.45) is 0 Å². The van der Waals surface area contributed by atoms with E-state index in [-0.39, 0.29) is 29.1 Å². The largest absolute Gasteiger partial charge is 0.456 e. The van der Waals surface area contributed by atoms with Gasteiger partial charge in [-0.15, -0.1) is 0 Å². The van der Waals surface area contributed by atoms with Gasteiger partial charge in [0, 0.05) is 6.07 Å². The maximum atomic E-state index is 12.3. The molecule has 0 unspecified atom stereocenters. The van der Waals surface area contributed by atoms with Crippen molar-refractivity contribution in [3.63, 3.8) is 0 Å². The predicted molar refractivity (Wildman–Crippen MR) is 101 cm³/mol. The number of esters is 1. The number of sulfonamides is 1. The fraction of sp³-hybridized carbons (Fsp3) is 0.250. The van der Waals surface area contributed by atoms with Crippen molar-refractivity contribution >= 4 is 38.0 Å². The molecule has 27 heavy (non-hydrogen) atoms. The Balaban J connectivity index is 1.80. The molecule has 3 aromatic rings. The molecule has 0 aliphatic heterocycles. The molecule has 0 saturated heterocycles. The van der Waals surface area contributed by atoms with Crippen LogP contribution in [-0.2, 0) is 27.8 Å². The zero-order valence-electron chi connectivity index (χ0n) is 14.5. The Morgan fingerprint density at radius 2 is 2.07 bits per heavy atom. The number of nitrogens with one attached hydrogen (secondary N) is 1. The lowest BCUT2D eigenvalue weighted by Crippen LogP contribution is -2.17. The second-order valence-electron chi connectivity index (χ2n) is 5.63. The molecule has 1 aromatic carbocycles. The van der Waals surface area contributed by atoms with Gasteiger partial charge in [-0.2, -0.15) is 9.61 Å². The number of rotatable bonds is 6. The van der Waals surface area contributed by atoms with E-state index >= 15 is 0 Å². The number of nitrogens with zero attached hydrogens (tertiary/aromatic N) is 3. The summed E-state index contributed by atoms with van der Waals surface area (Å²) in [5.74, 6) is -0.734. The zero-order chi connectivity index (χ0) is 19.6. The lowest BCUT2D eigenvalue weighted by atomic mass is 10.2. The van der Waals surface area contributed by atoms with Crippen molar-refractivity contribution in [2.45, 2.75) is 20.0 Å². The number of fused-ring (bicyclic) bond motifs is 1. The van der Waals surface area contributed by atoms with Gasteiger partial charge in [-0.25, -0.2) is 18.2 Å². The highest BCUT2D eigenvalue weighted by atomic mass is 32.2. The minimum atomic E-state index is -3.55. The van der Waals surface area contributed by atoms with E-state index in [2.05, 4.69) is 14.8 Å². The van der Waals surface area contributed by atoms with Gasteiger partial charge in [0.05, 0.1) is 23.2 Å². The van der Waals surface area contributed by atoms with Gasteiger partial charge in [-0.3, -0.25) is 9.52 Å². The Bertz CT molecular complexity index is 1170. The number of para-hydroxylation sites is 1. The summed E-state index contributed by atoms with van der Waals surface area (Å²) in [6.45, 7) is 1.70. The smallest absolute Gasteiger partial charge is 0.340 e. The molecule has 9 nitrogen and oxygen atoms in total. The Morgan fingerprint density at radius 1 is 1.33 bits per heavy atom. The van der Waals surface area contributed by atoms with Crippen LogP contribution < -0.4 is 10.3 Å². The number of anilines is 1. The van der Waals surface area contributed by atoms with Crippen molar-refractivity contribution in [1.29, 1.82) is 0 Å². The average Bonchev–Trinajstić information content (AvgIpc) is 3.02. The molecule has 3 rings (SSSR count). The number of ether oxygens (including phenoxy) is 1. The van der Waals surface area contributed by atoms with Gasteiger partial charge in [-0.1, -0.05) is 30.4 Å². The molecule has 0 amide bonds. The fourth-order valence-electron chi connectivity index (χ4n) is 2.28. The SMILES string of the molecule is CCc1nn2c(=O)cc(COC(=O)c3ccccc3NS(C)(=O)=O)nc2s1. The molecule has 142 valence electrons. The summed E-state index contributed by atoms with van der Waals surface area (Å²) in [7, 11) is -3.55. The van der Waals surface area contributed by atoms with Gasteiger partial charge in [0.15, 0.2) is 0 Å². The number of carbonyl (C=O) groups is 1. The van der Waals surface area contributed by atoms with Crippen LogP contribution in [0, 0.1) is 0 Å². The first-order valence-electron chi connectivity index (χ1n) is 7.89. The molecule has 11 heteroatoms. The highest BCUT2D eigenvalue weighted by Gasteiger charge is 2.16. The van der Waals surface area contributed by atoms with Crippen molar-refractivity contribution in [3.05, 3.63) is 57.0 Å². The second kappa shape index (κ2) is 7.45. The van der Waals surface area contributed by atoms with E-state index in [9.17, 15) is 18.0 Å². The summed E-state index contributed by atoms with van der Waals surface area (Å²) < 4.78 is 31.5. The summed E-state index contributed by atoms with van der Waals surface area (Å²) in [5.41, 5.74) is 0.102. The molecule has 2 heterocycles. The van der Waals surface area contributed by atoms with Gasteiger partial charge in [-0.05, 0) is 18.6 Å². The third-order valence-corrected chi connectivity index (χ3v) is 5.08. The van der Waals surface area contributed by atoms with Gasteiger partial charge >= 0.3 is 5.97 Å². The first-order valence-corrected chi connectivity index (χ1v) is 10.6. The minimum absolute atomic E-state index is 0.0618. The highest BCUT2D eigenvalue weighted by molar-refractivity contribution is 7.92. The van der Waals surface area contributed by atoms with Crippen molar-refractivity contribution < 1.29 is 17.9 Å². The fourth-order valence-corrected chi connectivity index (χ4v) is 3.71. The Hall–Kier alpha value is -2.79. The van der Waals surface area contributed by atoms with Crippen LogP contribution in [0.5, 0.6) is 0 Å². The molecule has 0 atom stereocenters. The number of hydrogen-bond acceptors (Lipinski definition) is 8. The van der Waals surface area contributed by atoms with E-state index in [0.29, 0.717) is 11.4 Å². The van der Waals surface area contributed by atoms with Crippen LogP contribution in [0.3, 0.4) is 0 Å². The van der Waals surface area contributed by atoms with Gasteiger partial charge in [0.25, 0.3) is 5.56 Å². The summed E-state index contributed by atoms with van der Waals surface area (Å²) >= 11 is 1.29. The third kappa shape index (κ3) is 4.49. The first-order chi connectivity index (χ1) is 12.8. The summed E-state index contributed by atoms with van der Waals surface area (Å²) in [6.07, 6.45) is 1.67. The Labute approximate surface area is 158 Å².